The molecule has 1 aromatic rings. The third-order valence-electron chi connectivity index (χ3n) is 3.12. The molecule has 1 nitrogen and oxygen atoms in total. The molecule has 0 amide bonds. The van der Waals surface area contributed by atoms with E-state index in [-0.39, 0.29) is 11.2 Å². The lowest BCUT2D eigenvalue weighted by Gasteiger charge is -2.15. The van der Waals surface area contributed by atoms with Crippen LogP contribution in [0.15, 0.2) is 30.3 Å². The smallest absolute Gasteiger partial charge is 0.180 e. The Bertz CT molecular complexity index is 328. The van der Waals surface area contributed by atoms with E-state index in [9.17, 15) is 4.79 Å². The minimum absolute atomic E-state index is 0.0872. The lowest BCUT2D eigenvalue weighted by molar-refractivity contribution is 0.0967. The van der Waals surface area contributed by atoms with Crippen molar-refractivity contribution in [3.05, 3.63) is 35.9 Å². The molecule has 0 bridgehead atoms. The van der Waals surface area contributed by atoms with Crippen LogP contribution in [0.4, 0.5) is 0 Å². The Hall–Kier alpha value is -0.820. The van der Waals surface area contributed by atoms with Gasteiger partial charge in [-0.1, -0.05) is 43.2 Å². The van der Waals surface area contributed by atoms with E-state index in [1.54, 1.807) is 0 Å². The maximum atomic E-state index is 12.0. The number of benzene rings is 1. The number of carbonyl (C=O) groups is 1. The number of hydrogen-bond donors (Lipinski definition) is 0. The molecule has 0 saturated heterocycles. The zero-order valence-corrected chi connectivity index (χ0v) is 9.41. The largest absolute Gasteiger partial charge is 0.292 e. The second-order valence-corrected chi connectivity index (χ2v) is 4.65. The molecule has 1 fully saturated rings. The van der Waals surface area contributed by atoms with Crippen molar-refractivity contribution in [2.45, 2.75) is 31.1 Å². The summed E-state index contributed by atoms with van der Waals surface area (Å²) < 4.78 is 0. The van der Waals surface area contributed by atoms with E-state index in [2.05, 4.69) is 0 Å². The van der Waals surface area contributed by atoms with Gasteiger partial charge >= 0.3 is 0 Å². The first-order valence-corrected chi connectivity index (χ1v) is 5.96. The van der Waals surface area contributed by atoms with Crippen molar-refractivity contribution in [2.24, 2.45) is 5.92 Å². The number of rotatable bonds is 3. The van der Waals surface area contributed by atoms with Gasteiger partial charge in [0.15, 0.2) is 5.78 Å². The Morgan fingerprint density at radius 2 is 1.80 bits per heavy atom. The van der Waals surface area contributed by atoms with E-state index in [0.717, 1.165) is 18.4 Å². The first-order valence-electron chi connectivity index (χ1n) is 5.52. The third-order valence-corrected chi connectivity index (χ3v) is 3.68. The summed E-state index contributed by atoms with van der Waals surface area (Å²) in [4.78, 5) is 12.0. The Morgan fingerprint density at radius 1 is 1.20 bits per heavy atom. The molecule has 0 N–H and O–H groups in total. The molecule has 2 rings (SSSR count). The molecule has 0 aliphatic heterocycles. The quantitative estimate of drug-likeness (QED) is 0.564. The fourth-order valence-corrected chi connectivity index (χ4v) is 2.60. The van der Waals surface area contributed by atoms with Crippen LogP contribution in [0.25, 0.3) is 0 Å². The average Bonchev–Trinajstić information content (AvgIpc) is 2.82. The maximum Gasteiger partial charge on any atom is 0.180 e. The highest BCUT2D eigenvalue weighted by Gasteiger charge is 2.29. The first-order chi connectivity index (χ1) is 7.29. The van der Waals surface area contributed by atoms with Gasteiger partial charge in [0.2, 0.25) is 0 Å². The van der Waals surface area contributed by atoms with E-state index in [4.69, 9.17) is 11.6 Å². The van der Waals surface area contributed by atoms with Crippen LogP contribution in [0.1, 0.15) is 36.0 Å². The Balaban J connectivity index is 2.07. The zero-order chi connectivity index (χ0) is 10.7. The summed E-state index contributed by atoms with van der Waals surface area (Å²) in [6.07, 6.45) is 4.64. The van der Waals surface area contributed by atoms with Gasteiger partial charge in [0.05, 0.1) is 5.38 Å². The van der Waals surface area contributed by atoms with Crippen molar-refractivity contribution in [1.82, 2.24) is 0 Å². The van der Waals surface area contributed by atoms with E-state index < -0.39 is 0 Å². The molecule has 0 aromatic heterocycles. The highest BCUT2D eigenvalue weighted by Crippen LogP contribution is 2.32. The number of ketones is 1. The van der Waals surface area contributed by atoms with Crippen LogP contribution in [0.2, 0.25) is 0 Å². The van der Waals surface area contributed by atoms with Crippen molar-refractivity contribution in [1.29, 1.82) is 0 Å². The maximum absolute atomic E-state index is 12.0. The number of Topliss-reactive ketones (excluding diaryl/α,β-unsaturated/α-hetero) is 1. The van der Waals surface area contributed by atoms with Gasteiger partial charge < -0.3 is 0 Å². The van der Waals surface area contributed by atoms with E-state index in [0.29, 0.717) is 5.92 Å². The molecule has 1 atom stereocenters. The molecule has 0 heterocycles. The summed E-state index contributed by atoms with van der Waals surface area (Å²) in [6, 6.07) is 9.35. The summed E-state index contributed by atoms with van der Waals surface area (Å²) in [5.74, 6) is 0.475. The van der Waals surface area contributed by atoms with Crippen LogP contribution in [0, 0.1) is 5.92 Å². The van der Waals surface area contributed by atoms with Gasteiger partial charge in [-0.25, -0.2) is 0 Å². The van der Waals surface area contributed by atoms with Crippen LogP contribution >= 0.6 is 11.6 Å². The lowest BCUT2D eigenvalue weighted by Crippen LogP contribution is -2.22. The minimum atomic E-state index is -0.324. The molecule has 0 spiro atoms. The van der Waals surface area contributed by atoms with Crippen molar-refractivity contribution in [3.8, 4) is 0 Å². The van der Waals surface area contributed by atoms with E-state index in [1.807, 2.05) is 30.3 Å². The minimum Gasteiger partial charge on any atom is -0.292 e. The number of alkyl halides is 1. The highest BCUT2D eigenvalue weighted by atomic mass is 35.5. The predicted octanol–water partition coefficient (Wildman–Crippen LogP) is 3.67. The average molecular weight is 223 g/mol. The fraction of sp³-hybridized carbons (Fsp3) is 0.462. The molecule has 0 radical (unpaired) electrons. The molecule has 1 unspecified atom stereocenters. The van der Waals surface area contributed by atoms with Crippen LogP contribution in [0.3, 0.4) is 0 Å². The monoisotopic (exact) mass is 222 g/mol. The van der Waals surface area contributed by atoms with Crippen molar-refractivity contribution in [3.63, 3.8) is 0 Å². The zero-order valence-electron chi connectivity index (χ0n) is 8.66. The van der Waals surface area contributed by atoms with Gasteiger partial charge in [-0.15, -0.1) is 11.6 Å². The van der Waals surface area contributed by atoms with Gasteiger partial charge in [0, 0.05) is 5.56 Å². The first kappa shape index (κ1) is 10.7. The van der Waals surface area contributed by atoms with Crippen molar-refractivity contribution >= 4 is 17.4 Å². The lowest BCUT2D eigenvalue weighted by atomic mass is 9.96. The summed E-state index contributed by atoms with van der Waals surface area (Å²) in [5.41, 5.74) is 0.740. The summed E-state index contributed by atoms with van der Waals surface area (Å²) in [5, 5.41) is -0.324. The summed E-state index contributed by atoms with van der Waals surface area (Å²) >= 11 is 6.22. The molecule has 80 valence electrons. The normalized spacial score (nSPS) is 19.0. The molecule has 1 aromatic carbocycles. The molecule has 15 heavy (non-hydrogen) atoms. The molecule has 2 heteroatoms. The van der Waals surface area contributed by atoms with Gasteiger partial charge in [-0.3, -0.25) is 4.79 Å². The second-order valence-electron chi connectivity index (χ2n) is 4.18. The van der Waals surface area contributed by atoms with Gasteiger partial charge in [0.1, 0.15) is 0 Å². The summed E-state index contributed by atoms with van der Waals surface area (Å²) in [6.45, 7) is 0. The van der Waals surface area contributed by atoms with Crippen LogP contribution in [-0.2, 0) is 0 Å². The SMILES string of the molecule is O=C(c1ccccc1)C(Cl)C1CCCC1. The molecular weight excluding hydrogens is 208 g/mol. The van der Waals surface area contributed by atoms with Crippen molar-refractivity contribution < 1.29 is 4.79 Å². The van der Waals surface area contributed by atoms with Crippen LogP contribution in [0.5, 0.6) is 0 Å². The van der Waals surface area contributed by atoms with Crippen LogP contribution < -0.4 is 0 Å². The standard InChI is InChI=1S/C13H15ClO/c14-12(10-6-4-5-7-10)13(15)11-8-2-1-3-9-11/h1-3,8-10,12H,4-7H2. The third kappa shape index (κ3) is 2.40. The van der Waals surface area contributed by atoms with E-state index in [1.165, 1.54) is 12.8 Å². The van der Waals surface area contributed by atoms with Gasteiger partial charge in [0.25, 0.3) is 0 Å². The van der Waals surface area contributed by atoms with Crippen LogP contribution in [-0.4, -0.2) is 11.2 Å². The Labute approximate surface area is 95.4 Å². The van der Waals surface area contributed by atoms with Gasteiger partial charge in [-0.2, -0.15) is 0 Å². The fourth-order valence-electron chi connectivity index (χ4n) is 2.23. The molecule has 1 saturated carbocycles. The molecule has 1 aliphatic carbocycles. The highest BCUT2D eigenvalue weighted by molar-refractivity contribution is 6.34. The van der Waals surface area contributed by atoms with Gasteiger partial charge in [-0.05, 0) is 18.8 Å². The number of carbonyl (C=O) groups excluding carboxylic acids is 1. The molecular formula is C13H15ClO. The second kappa shape index (κ2) is 4.80. The predicted molar refractivity (Wildman–Crippen MR) is 62.4 cm³/mol. The molecule has 1 aliphatic rings. The number of hydrogen-bond acceptors (Lipinski definition) is 1. The topological polar surface area (TPSA) is 17.1 Å². The number of halogens is 1. The van der Waals surface area contributed by atoms with E-state index >= 15 is 0 Å². The Kier molecular flexibility index (Phi) is 3.42. The van der Waals surface area contributed by atoms with Crippen molar-refractivity contribution in [2.75, 3.05) is 0 Å². The Morgan fingerprint density at radius 3 is 2.40 bits per heavy atom. The summed E-state index contributed by atoms with van der Waals surface area (Å²) in [7, 11) is 0.